The fourth-order valence-electron chi connectivity index (χ4n) is 4.87. The number of hydrogen-bond donors (Lipinski definition) is 5. The van der Waals surface area contributed by atoms with Crippen LogP contribution in [0.2, 0.25) is 0 Å². The molecule has 1 unspecified atom stereocenters. The minimum Gasteiger partial charge on any atom is -0.507 e. The molecule has 226 valence electrons. The van der Waals surface area contributed by atoms with Gasteiger partial charge in [0.2, 0.25) is 0 Å². The van der Waals surface area contributed by atoms with E-state index in [1.807, 2.05) is 27.7 Å². The molecule has 0 aliphatic carbocycles. The van der Waals surface area contributed by atoms with Crippen LogP contribution in [0.15, 0.2) is 42.5 Å². The van der Waals surface area contributed by atoms with Gasteiger partial charge < -0.3 is 30.9 Å². The summed E-state index contributed by atoms with van der Waals surface area (Å²) in [7, 11) is 0. The zero-order valence-corrected chi connectivity index (χ0v) is 24.5. The molecule has 0 radical (unpaired) electrons. The zero-order chi connectivity index (χ0) is 30.1. The Morgan fingerprint density at radius 2 is 1.71 bits per heavy atom. The van der Waals surface area contributed by atoms with Crippen molar-refractivity contribution in [2.45, 2.75) is 58.7 Å². The van der Waals surface area contributed by atoms with E-state index in [-0.39, 0.29) is 47.7 Å². The maximum absolute atomic E-state index is 13.9. The van der Waals surface area contributed by atoms with E-state index in [1.165, 1.54) is 36.4 Å². The van der Waals surface area contributed by atoms with Crippen LogP contribution < -0.4 is 25.8 Å². The van der Waals surface area contributed by atoms with Crippen LogP contribution in [0.3, 0.4) is 0 Å². The Balaban J connectivity index is 0.00000484. The molecule has 1 amide bonds. The fraction of sp³-hybridized carbons (Fsp3) is 0.333. The number of carbonyl (C=O) groups is 1. The van der Waals surface area contributed by atoms with Crippen LogP contribution in [-0.4, -0.2) is 29.2 Å². The van der Waals surface area contributed by atoms with Crippen molar-refractivity contribution in [3.8, 4) is 17.2 Å². The summed E-state index contributed by atoms with van der Waals surface area (Å²) in [6.45, 7) is 7.44. The molecule has 12 heteroatoms. The number of aromatic hydroxyl groups is 1. The molecule has 6 N–H and O–H groups in total. The van der Waals surface area contributed by atoms with Crippen molar-refractivity contribution in [3.05, 3.63) is 75.8 Å². The second kappa shape index (κ2) is 12.4. The molecule has 1 aliphatic rings. The van der Waals surface area contributed by atoms with Crippen LogP contribution in [0.25, 0.3) is 0 Å². The van der Waals surface area contributed by atoms with E-state index in [0.29, 0.717) is 30.7 Å². The Morgan fingerprint density at radius 1 is 1.07 bits per heavy atom. The number of carbonyl (C=O) groups excluding carboxylic acids is 1. The molecule has 1 atom stereocenters. The summed E-state index contributed by atoms with van der Waals surface area (Å²) in [5.74, 6) is -0.236. The number of fused-ring (bicyclic) bond motifs is 1. The van der Waals surface area contributed by atoms with Gasteiger partial charge in [-0.2, -0.15) is 13.2 Å². The summed E-state index contributed by atoms with van der Waals surface area (Å²) in [5, 5.41) is 22.7. The molecule has 3 aromatic rings. The summed E-state index contributed by atoms with van der Waals surface area (Å²) >= 11 is 0. The molecular weight excluding hydrogens is 573 g/mol. The Morgan fingerprint density at radius 3 is 2.33 bits per heavy atom. The summed E-state index contributed by atoms with van der Waals surface area (Å²) in [6.07, 6.45) is -3.08. The number of nitrogens with one attached hydrogen (secondary N) is 3. The lowest BCUT2D eigenvalue weighted by atomic mass is 9.86. The highest BCUT2D eigenvalue weighted by Gasteiger charge is 2.37. The zero-order valence-electron chi connectivity index (χ0n) is 23.7. The van der Waals surface area contributed by atoms with E-state index in [0.717, 1.165) is 28.3 Å². The molecule has 0 bridgehead atoms. The quantitative estimate of drug-likeness (QED) is 0.147. The number of rotatable bonds is 7. The normalized spacial score (nSPS) is 16.0. The first-order valence-electron chi connectivity index (χ1n) is 13.1. The minimum atomic E-state index is -4.71. The Kier molecular flexibility index (Phi) is 9.56. The van der Waals surface area contributed by atoms with Crippen molar-refractivity contribution in [2.24, 2.45) is 5.73 Å². The van der Waals surface area contributed by atoms with E-state index in [2.05, 4.69) is 10.6 Å². The third-order valence-corrected chi connectivity index (χ3v) is 7.45. The number of anilines is 2. The molecule has 0 spiro atoms. The summed E-state index contributed by atoms with van der Waals surface area (Å²) in [4.78, 5) is 12.6. The van der Waals surface area contributed by atoms with E-state index < -0.39 is 23.2 Å². The van der Waals surface area contributed by atoms with Gasteiger partial charge in [0.05, 0.1) is 12.2 Å². The van der Waals surface area contributed by atoms with E-state index >= 15 is 0 Å². The number of ether oxygens (including phenoxy) is 2. The van der Waals surface area contributed by atoms with Gasteiger partial charge in [0.25, 0.3) is 5.91 Å². The van der Waals surface area contributed by atoms with E-state index in [9.17, 15) is 23.1 Å². The summed E-state index contributed by atoms with van der Waals surface area (Å²) in [5.41, 5.74) is 7.60. The van der Waals surface area contributed by atoms with Gasteiger partial charge in [-0.1, -0.05) is 0 Å². The molecule has 0 fully saturated rings. The van der Waals surface area contributed by atoms with Crippen LogP contribution >= 0.6 is 12.4 Å². The largest absolute Gasteiger partial charge is 0.507 e. The topological polar surface area (TPSA) is 130 Å². The van der Waals surface area contributed by atoms with Crippen LogP contribution in [0, 0.1) is 26.2 Å². The van der Waals surface area contributed by atoms with Crippen LogP contribution in [0.5, 0.6) is 17.2 Å². The molecule has 1 heterocycles. The molecule has 1 aliphatic heterocycles. The standard InChI is InChI=1S/C30H33F3N4O4.ClH/c1-16-17(2)26-22(18(3)25(16)38)11-12-29(4,41-26)13-14-40-24-10-9-21(15-23(24)30(31,32)33)36-27(39)19-5-7-20(8-6-19)37-28(34)35;/h5-10,15,38H,11-14H2,1-4H3,(H,36,39)(H4,34,35,37);1H. The number of guanidine groups is 1. The molecule has 0 saturated heterocycles. The SMILES string of the molecule is Cc1c(C)c2c(c(C)c1O)CCC(C)(CCOc1ccc(NC(=O)c3ccc(NC(=N)N)cc3)cc1C(F)(F)F)O2.Cl. The first kappa shape index (κ1) is 32.4. The van der Waals surface area contributed by atoms with Gasteiger partial charge in [-0.25, -0.2) is 0 Å². The number of nitrogens with two attached hydrogens (primary N) is 1. The van der Waals surface area contributed by atoms with Gasteiger partial charge in [0.1, 0.15) is 22.8 Å². The average Bonchev–Trinajstić information content (AvgIpc) is 2.90. The third kappa shape index (κ3) is 7.02. The van der Waals surface area contributed by atoms with Crippen molar-refractivity contribution in [1.82, 2.24) is 0 Å². The predicted molar refractivity (Wildman–Crippen MR) is 158 cm³/mol. The number of hydrogen-bond acceptors (Lipinski definition) is 5. The smallest absolute Gasteiger partial charge is 0.420 e. The van der Waals surface area contributed by atoms with Gasteiger partial charge in [-0.3, -0.25) is 10.2 Å². The highest BCUT2D eigenvalue weighted by Crippen LogP contribution is 2.44. The lowest BCUT2D eigenvalue weighted by Gasteiger charge is -2.38. The molecule has 0 saturated carbocycles. The number of phenolic OH excluding ortho intramolecular Hbond substituents is 1. The Bertz CT molecular complexity index is 1500. The van der Waals surface area contributed by atoms with Gasteiger partial charge in [0, 0.05) is 28.9 Å². The lowest BCUT2D eigenvalue weighted by molar-refractivity contribution is -0.139. The molecule has 0 aromatic heterocycles. The maximum Gasteiger partial charge on any atom is 0.420 e. The van der Waals surface area contributed by atoms with Crippen molar-refractivity contribution < 1.29 is 32.5 Å². The number of amides is 1. The number of benzene rings is 3. The van der Waals surface area contributed by atoms with Gasteiger partial charge in [-0.05, 0) is 99.7 Å². The van der Waals surface area contributed by atoms with E-state index in [4.69, 9.17) is 20.6 Å². The Labute approximate surface area is 248 Å². The number of phenols is 1. The van der Waals surface area contributed by atoms with Gasteiger partial charge in [-0.15, -0.1) is 12.4 Å². The fourth-order valence-corrected chi connectivity index (χ4v) is 4.87. The van der Waals surface area contributed by atoms with Crippen molar-refractivity contribution in [1.29, 1.82) is 5.41 Å². The van der Waals surface area contributed by atoms with Crippen molar-refractivity contribution in [3.63, 3.8) is 0 Å². The monoisotopic (exact) mass is 606 g/mol. The maximum atomic E-state index is 13.9. The highest BCUT2D eigenvalue weighted by molar-refractivity contribution is 6.04. The second-order valence-electron chi connectivity index (χ2n) is 10.5. The van der Waals surface area contributed by atoms with E-state index in [1.54, 1.807) is 0 Å². The van der Waals surface area contributed by atoms with Crippen molar-refractivity contribution >= 4 is 35.6 Å². The third-order valence-electron chi connectivity index (χ3n) is 7.45. The van der Waals surface area contributed by atoms with Crippen LogP contribution in [0.4, 0.5) is 24.5 Å². The molecule has 3 aromatic carbocycles. The minimum absolute atomic E-state index is 0. The number of alkyl halides is 3. The van der Waals surface area contributed by atoms with Gasteiger partial charge >= 0.3 is 6.18 Å². The molecule has 8 nitrogen and oxygen atoms in total. The first-order valence-corrected chi connectivity index (χ1v) is 13.1. The predicted octanol–water partition coefficient (Wildman–Crippen LogP) is 6.87. The Hall–Kier alpha value is -4.12. The molecule has 42 heavy (non-hydrogen) atoms. The second-order valence-corrected chi connectivity index (χ2v) is 10.5. The molecule has 4 rings (SSSR count). The van der Waals surface area contributed by atoms with Crippen LogP contribution in [0.1, 0.15) is 57.9 Å². The number of halogens is 4. The summed E-state index contributed by atoms with van der Waals surface area (Å²) < 4.78 is 53.8. The summed E-state index contributed by atoms with van der Waals surface area (Å²) in [6, 6.07) is 9.36. The lowest BCUT2D eigenvalue weighted by Crippen LogP contribution is -2.38. The molecular formula is C30H34ClF3N4O4. The highest BCUT2D eigenvalue weighted by atomic mass is 35.5. The van der Waals surface area contributed by atoms with Gasteiger partial charge in [0.15, 0.2) is 5.96 Å². The van der Waals surface area contributed by atoms with Crippen LogP contribution in [-0.2, 0) is 12.6 Å². The average molecular weight is 607 g/mol. The van der Waals surface area contributed by atoms with Crippen molar-refractivity contribution in [2.75, 3.05) is 17.2 Å². The first-order chi connectivity index (χ1) is 19.2.